The number of likely N-dealkylation sites (tertiary alicyclic amines) is 1. The highest BCUT2D eigenvalue weighted by Crippen LogP contribution is 2.20. The second-order valence-corrected chi connectivity index (χ2v) is 3.84. The smallest absolute Gasteiger partial charge is 0.410 e. The van der Waals surface area contributed by atoms with Crippen molar-refractivity contribution in [3.63, 3.8) is 0 Å². The van der Waals surface area contributed by atoms with E-state index in [1.165, 1.54) is 17.1 Å². The minimum absolute atomic E-state index is 0.0554. The summed E-state index contributed by atoms with van der Waals surface area (Å²) in [6.07, 6.45) is 1.60. The van der Waals surface area contributed by atoms with Gasteiger partial charge < -0.3 is 14.6 Å². The first-order chi connectivity index (χ1) is 8.60. The van der Waals surface area contributed by atoms with Crippen molar-refractivity contribution >= 4 is 12.1 Å². The molecule has 100 valence electrons. The second-order valence-electron chi connectivity index (χ2n) is 3.84. The Morgan fingerprint density at radius 1 is 1.28 bits per heavy atom. The van der Waals surface area contributed by atoms with E-state index < -0.39 is 24.2 Å². The van der Waals surface area contributed by atoms with Crippen molar-refractivity contribution in [2.75, 3.05) is 19.8 Å². The van der Waals surface area contributed by atoms with Crippen molar-refractivity contribution in [1.82, 2.24) is 4.90 Å². The van der Waals surface area contributed by atoms with Gasteiger partial charge >= 0.3 is 12.1 Å². The average molecular weight is 255 g/mol. The van der Waals surface area contributed by atoms with Crippen molar-refractivity contribution in [1.29, 1.82) is 0 Å². The molecule has 0 aliphatic carbocycles. The van der Waals surface area contributed by atoms with Crippen molar-refractivity contribution in [3.8, 4) is 0 Å². The molecule has 0 bridgehead atoms. The topological polar surface area (TPSA) is 76.1 Å². The lowest BCUT2D eigenvalue weighted by atomic mass is 10.2. The van der Waals surface area contributed by atoms with Crippen molar-refractivity contribution in [3.05, 3.63) is 25.3 Å². The number of esters is 1. The van der Waals surface area contributed by atoms with Gasteiger partial charge in [0.2, 0.25) is 0 Å². The molecule has 2 atom stereocenters. The molecule has 18 heavy (non-hydrogen) atoms. The van der Waals surface area contributed by atoms with Crippen molar-refractivity contribution in [2.24, 2.45) is 0 Å². The number of carbonyl (C=O) groups is 2. The summed E-state index contributed by atoms with van der Waals surface area (Å²) in [4.78, 5) is 24.5. The van der Waals surface area contributed by atoms with Gasteiger partial charge in [0, 0.05) is 6.42 Å². The predicted octanol–water partition coefficient (Wildman–Crippen LogP) is 0.473. The van der Waals surface area contributed by atoms with Crippen LogP contribution in [0.3, 0.4) is 0 Å². The zero-order chi connectivity index (χ0) is 13.5. The third-order valence-electron chi connectivity index (χ3n) is 2.45. The molecule has 0 spiro atoms. The number of aliphatic hydroxyl groups is 1. The SMILES string of the molecule is C=CCOC(=O)[C@@H]1C[C@@H](O)CN1C(=O)OCC=C. The maximum absolute atomic E-state index is 11.7. The van der Waals surface area contributed by atoms with E-state index in [0.717, 1.165) is 0 Å². The summed E-state index contributed by atoms with van der Waals surface area (Å²) >= 11 is 0. The first-order valence-corrected chi connectivity index (χ1v) is 5.60. The fourth-order valence-corrected chi connectivity index (χ4v) is 1.69. The third kappa shape index (κ3) is 3.59. The molecule has 1 rings (SSSR count). The zero-order valence-corrected chi connectivity index (χ0v) is 10.1. The number of aliphatic hydroxyl groups excluding tert-OH is 1. The summed E-state index contributed by atoms with van der Waals surface area (Å²) in [5.41, 5.74) is 0. The molecule has 0 aromatic rings. The molecule has 1 aliphatic heterocycles. The molecule has 0 radical (unpaired) electrons. The van der Waals surface area contributed by atoms with Gasteiger partial charge in [-0.2, -0.15) is 0 Å². The fraction of sp³-hybridized carbons (Fsp3) is 0.500. The van der Waals surface area contributed by atoms with E-state index in [0.29, 0.717) is 0 Å². The van der Waals surface area contributed by atoms with E-state index in [-0.39, 0.29) is 26.2 Å². The largest absolute Gasteiger partial charge is 0.460 e. The molecule has 1 fully saturated rings. The standard InChI is InChI=1S/C12H17NO5/c1-3-5-17-11(15)10-7-9(14)8-13(10)12(16)18-6-4-2/h3-4,9-10,14H,1-2,5-8H2/t9-,10+/m1/s1. The Bertz CT molecular complexity index is 309. The highest BCUT2D eigenvalue weighted by molar-refractivity contribution is 5.82. The monoisotopic (exact) mass is 255 g/mol. The first kappa shape index (κ1) is 14.2. The molecule has 1 amide bonds. The molecule has 0 aromatic carbocycles. The third-order valence-corrected chi connectivity index (χ3v) is 2.45. The Morgan fingerprint density at radius 3 is 2.50 bits per heavy atom. The van der Waals surface area contributed by atoms with Gasteiger partial charge in [-0.05, 0) is 0 Å². The van der Waals surface area contributed by atoms with E-state index in [2.05, 4.69) is 13.2 Å². The minimum atomic E-state index is -0.808. The van der Waals surface area contributed by atoms with E-state index >= 15 is 0 Å². The summed E-state index contributed by atoms with van der Waals surface area (Å²) in [6, 6.07) is -0.808. The van der Waals surface area contributed by atoms with Crippen LogP contribution in [0.5, 0.6) is 0 Å². The summed E-state index contributed by atoms with van der Waals surface area (Å²) in [5.74, 6) is -0.568. The number of hydrogen-bond donors (Lipinski definition) is 1. The molecule has 1 saturated heterocycles. The van der Waals surface area contributed by atoms with Crippen molar-refractivity contribution in [2.45, 2.75) is 18.6 Å². The van der Waals surface area contributed by atoms with Crippen LogP contribution in [0.1, 0.15) is 6.42 Å². The van der Waals surface area contributed by atoms with E-state index in [9.17, 15) is 14.7 Å². The van der Waals surface area contributed by atoms with E-state index in [1.54, 1.807) is 0 Å². The lowest BCUT2D eigenvalue weighted by Gasteiger charge is -2.21. The van der Waals surface area contributed by atoms with Gasteiger partial charge in [-0.1, -0.05) is 25.3 Å². The Balaban J connectivity index is 2.63. The average Bonchev–Trinajstić information content (AvgIpc) is 2.75. The summed E-state index contributed by atoms with van der Waals surface area (Å²) in [7, 11) is 0. The molecule has 6 nitrogen and oxygen atoms in total. The fourth-order valence-electron chi connectivity index (χ4n) is 1.69. The lowest BCUT2D eigenvalue weighted by molar-refractivity contribution is -0.147. The van der Waals surface area contributed by atoms with Gasteiger partial charge in [-0.25, -0.2) is 9.59 Å². The number of hydrogen-bond acceptors (Lipinski definition) is 5. The Hall–Kier alpha value is -1.82. The Kier molecular flexibility index (Phi) is 5.38. The number of amides is 1. The van der Waals surface area contributed by atoms with Crippen LogP contribution in [-0.2, 0) is 14.3 Å². The summed E-state index contributed by atoms with van der Waals surface area (Å²) in [6.45, 7) is 7.03. The molecule has 1 heterocycles. The van der Waals surface area contributed by atoms with Gasteiger partial charge in [0.1, 0.15) is 19.3 Å². The zero-order valence-electron chi connectivity index (χ0n) is 10.1. The van der Waals surface area contributed by atoms with Crippen LogP contribution in [-0.4, -0.2) is 54.0 Å². The normalized spacial score (nSPS) is 22.4. The molecular weight excluding hydrogens is 238 g/mol. The van der Waals surface area contributed by atoms with Crippen LogP contribution in [0, 0.1) is 0 Å². The van der Waals surface area contributed by atoms with Gasteiger partial charge in [0.25, 0.3) is 0 Å². The van der Waals surface area contributed by atoms with Crippen molar-refractivity contribution < 1.29 is 24.2 Å². The molecule has 0 aromatic heterocycles. The van der Waals surface area contributed by atoms with Gasteiger partial charge in [-0.3, -0.25) is 4.90 Å². The minimum Gasteiger partial charge on any atom is -0.460 e. The maximum atomic E-state index is 11.7. The molecule has 0 saturated carbocycles. The van der Waals surface area contributed by atoms with Crippen LogP contribution in [0.4, 0.5) is 4.79 Å². The molecule has 1 N–H and O–H groups in total. The van der Waals surface area contributed by atoms with Gasteiger partial charge in [-0.15, -0.1) is 0 Å². The van der Waals surface area contributed by atoms with Gasteiger partial charge in [0.15, 0.2) is 0 Å². The van der Waals surface area contributed by atoms with E-state index in [4.69, 9.17) is 9.47 Å². The van der Waals surface area contributed by atoms with E-state index in [1.807, 2.05) is 0 Å². The highest BCUT2D eigenvalue weighted by atomic mass is 16.6. The van der Waals surface area contributed by atoms with Crippen LogP contribution in [0.15, 0.2) is 25.3 Å². The number of β-amino-alcohol motifs (C(OH)–C–C–N with tert-alkyl or cyclic N) is 1. The number of nitrogens with zero attached hydrogens (tertiary/aromatic N) is 1. The lowest BCUT2D eigenvalue weighted by Crippen LogP contribution is -2.41. The summed E-state index contributed by atoms with van der Waals surface area (Å²) < 4.78 is 9.71. The predicted molar refractivity (Wildman–Crippen MR) is 63.8 cm³/mol. The molecular formula is C12H17NO5. The highest BCUT2D eigenvalue weighted by Gasteiger charge is 2.40. The van der Waals surface area contributed by atoms with Crippen LogP contribution < -0.4 is 0 Å². The number of ether oxygens (including phenoxy) is 2. The van der Waals surface area contributed by atoms with Crippen LogP contribution >= 0.6 is 0 Å². The molecule has 0 unspecified atom stereocenters. The maximum Gasteiger partial charge on any atom is 0.410 e. The quantitative estimate of drug-likeness (QED) is 0.571. The Morgan fingerprint density at radius 2 is 1.89 bits per heavy atom. The number of carbonyl (C=O) groups excluding carboxylic acids is 2. The van der Waals surface area contributed by atoms with Crippen LogP contribution in [0.2, 0.25) is 0 Å². The second kappa shape index (κ2) is 6.80. The summed E-state index contributed by atoms with van der Waals surface area (Å²) in [5, 5.41) is 9.52. The number of rotatable bonds is 5. The first-order valence-electron chi connectivity index (χ1n) is 5.60. The van der Waals surface area contributed by atoms with Crippen LogP contribution in [0.25, 0.3) is 0 Å². The Labute approximate surface area is 105 Å². The molecule has 1 aliphatic rings. The van der Waals surface area contributed by atoms with Gasteiger partial charge in [0.05, 0.1) is 12.6 Å². The molecule has 6 heteroatoms.